The molecule has 1 aromatic rings. The number of hydrogen-bond acceptors (Lipinski definition) is 2. The Morgan fingerprint density at radius 3 is 2.31 bits per heavy atom. The van der Waals surface area contributed by atoms with Crippen LogP contribution in [0.2, 0.25) is 0 Å². The maximum absolute atomic E-state index is 10.8. The number of hydrogen-bond donors (Lipinski definition) is 0. The number of aryl methyl sites for hydroxylation is 1. The van der Waals surface area contributed by atoms with Crippen molar-refractivity contribution in [2.75, 3.05) is 14.1 Å². The summed E-state index contributed by atoms with van der Waals surface area (Å²) in [4.78, 5) is 12.9. The van der Waals surface area contributed by atoms with E-state index in [1.807, 2.05) is 40.1 Å². The van der Waals surface area contributed by atoms with Crippen LogP contribution in [-0.2, 0) is 13.0 Å². The third-order valence-electron chi connectivity index (χ3n) is 2.23. The van der Waals surface area contributed by atoms with E-state index in [-0.39, 0.29) is 0 Å². The Balaban J connectivity index is 0.00000106. The lowest BCUT2D eigenvalue weighted by atomic mass is 10.0. The molecule has 1 aromatic carbocycles. The Labute approximate surface area is 99.3 Å². The van der Waals surface area contributed by atoms with Crippen molar-refractivity contribution in [1.82, 2.24) is 4.90 Å². The third-order valence-corrected chi connectivity index (χ3v) is 2.23. The van der Waals surface area contributed by atoms with Gasteiger partial charge in [-0.3, -0.25) is 4.79 Å². The molecule has 0 fully saturated rings. The highest BCUT2D eigenvalue weighted by atomic mass is 16.1. The summed E-state index contributed by atoms with van der Waals surface area (Å²) in [6.45, 7) is 6.94. The molecule has 1 rings (SSSR count). The van der Waals surface area contributed by atoms with Crippen molar-refractivity contribution in [3.8, 4) is 0 Å². The summed E-state index contributed by atoms with van der Waals surface area (Å²) in [5.41, 5.74) is 3.20. The van der Waals surface area contributed by atoms with Gasteiger partial charge in [0.1, 0.15) is 6.29 Å². The van der Waals surface area contributed by atoms with Gasteiger partial charge in [-0.05, 0) is 31.6 Å². The van der Waals surface area contributed by atoms with Gasteiger partial charge in [0.15, 0.2) is 0 Å². The van der Waals surface area contributed by atoms with Crippen LogP contribution < -0.4 is 0 Å². The molecule has 0 saturated heterocycles. The van der Waals surface area contributed by atoms with E-state index < -0.39 is 0 Å². The fraction of sp³-hybridized carbons (Fsp3) is 0.500. The molecule has 2 nitrogen and oxygen atoms in total. The van der Waals surface area contributed by atoms with Crippen molar-refractivity contribution in [3.63, 3.8) is 0 Å². The van der Waals surface area contributed by atoms with Crippen LogP contribution in [0.15, 0.2) is 18.2 Å². The van der Waals surface area contributed by atoms with Gasteiger partial charge in [0.05, 0.1) is 0 Å². The number of carbonyl (C=O) groups excluding carboxylic acids is 1. The van der Waals surface area contributed by atoms with Crippen molar-refractivity contribution in [1.29, 1.82) is 0 Å². The molecule has 0 spiro atoms. The minimum atomic E-state index is 0.802. The monoisotopic (exact) mass is 221 g/mol. The van der Waals surface area contributed by atoms with Gasteiger partial charge in [0.2, 0.25) is 0 Å². The molecular formula is C14H23NO. The first-order valence-corrected chi connectivity index (χ1v) is 5.89. The molecule has 0 aliphatic carbocycles. The SMILES string of the molecule is CC.CCc1ccc(C=O)c(CN(C)C)c1. The van der Waals surface area contributed by atoms with Gasteiger partial charge in [-0.2, -0.15) is 0 Å². The lowest BCUT2D eigenvalue weighted by Crippen LogP contribution is -2.12. The van der Waals surface area contributed by atoms with Gasteiger partial charge in [0.25, 0.3) is 0 Å². The van der Waals surface area contributed by atoms with E-state index in [2.05, 4.69) is 17.9 Å². The first kappa shape index (κ1) is 14.8. The number of nitrogens with zero attached hydrogens (tertiary/aromatic N) is 1. The topological polar surface area (TPSA) is 20.3 Å². The lowest BCUT2D eigenvalue weighted by Gasteiger charge is -2.12. The fourth-order valence-electron chi connectivity index (χ4n) is 1.47. The standard InChI is InChI=1S/C12H17NO.C2H6/c1-4-10-5-6-11(9-14)12(7-10)8-13(2)3;1-2/h5-7,9H,4,8H2,1-3H3;1-2H3. The molecule has 0 atom stereocenters. The number of benzene rings is 1. The highest BCUT2D eigenvalue weighted by Crippen LogP contribution is 2.12. The quantitative estimate of drug-likeness (QED) is 0.728. The predicted octanol–water partition coefficient (Wildman–Crippen LogP) is 3.15. The molecular weight excluding hydrogens is 198 g/mol. The number of carbonyl (C=O) groups is 1. The zero-order valence-electron chi connectivity index (χ0n) is 11.1. The largest absolute Gasteiger partial charge is 0.305 e. The highest BCUT2D eigenvalue weighted by Gasteiger charge is 2.03. The Morgan fingerprint density at radius 2 is 1.88 bits per heavy atom. The second-order valence-electron chi connectivity index (χ2n) is 3.74. The first-order valence-electron chi connectivity index (χ1n) is 5.89. The van der Waals surface area contributed by atoms with E-state index in [0.717, 1.165) is 30.4 Å². The third kappa shape index (κ3) is 4.58. The average Bonchev–Trinajstić information content (AvgIpc) is 2.31. The van der Waals surface area contributed by atoms with E-state index in [9.17, 15) is 4.79 Å². The van der Waals surface area contributed by atoms with Crippen LogP contribution in [0, 0.1) is 0 Å². The molecule has 0 unspecified atom stereocenters. The molecule has 90 valence electrons. The zero-order valence-corrected chi connectivity index (χ0v) is 11.1. The summed E-state index contributed by atoms with van der Waals surface area (Å²) in [6, 6.07) is 6.04. The highest BCUT2D eigenvalue weighted by molar-refractivity contribution is 5.77. The van der Waals surface area contributed by atoms with Crippen LogP contribution in [-0.4, -0.2) is 25.3 Å². The Hall–Kier alpha value is -1.15. The maximum Gasteiger partial charge on any atom is 0.150 e. The van der Waals surface area contributed by atoms with Crippen LogP contribution in [0.1, 0.15) is 42.3 Å². The maximum atomic E-state index is 10.8. The summed E-state index contributed by atoms with van der Waals surface area (Å²) in [6.07, 6.45) is 1.94. The molecule has 0 aliphatic heterocycles. The second-order valence-corrected chi connectivity index (χ2v) is 3.74. The van der Waals surface area contributed by atoms with Crippen LogP contribution in [0.5, 0.6) is 0 Å². The normalized spacial score (nSPS) is 9.62. The van der Waals surface area contributed by atoms with E-state index in [4.69, 9.17) is 0 Å². The summed E-state index contributed by atoms with van der Waals surface area (Å²) in [7, 11) is 4.01. The molecule has 0 amide bonds. The Kier molecular flexibility index (Phi) is 7.48. The average molecular weight is 221 g/mol. The molecule has 0 radical (unpaired) electrons. The van der Waals surface area contributed by atoms with E-state index >= 15 is 0 Å². The summed E-state index contributed by atoms with van der Waals surface area (Å²) in [5.74, 6) is 0. The van der Waals surface area contributed by atoms with Crippen LogP contribution >= 0.6 is 0 Å². The summed E-state index contributed by atoms with van der Waals surface area (Å²) < 4.78 is 0. The number of rotatable bonds is 4. The van der Waals surface area contributed by atoms with Gasteiger partial charge in [-0.15, -0.1) is 0 Å². The molecule has 0 bridgehead atoms. The van der Waals surface area contributed by atoms with Gasteiger partial charge in [0, 0.05) is 12.1 Å². The first-order chi connectivity index (χ1) is 7.67. The summed E-state index contributed by atoms with van der Waals surface area (Å²) >= 11 is 0. The number of aldehydes is 1. The lowest BCUT2D eigenvalue weighted by molar-refractivity contribution is 0.112. The van der Waals surface area contributed by atoms with Crippen LogP contribution in [0.3, 0.4) is 0 Å². The molecule has 16 heavy (non-hydrogen) atoms. The minimum Gasteiger partial charge on any atom is -0.305 e. The van der Waals surface area contributed by atoms with Crippen molar-refractivity contribution in [2.45, 2.75) is 33.7 Å². The Bertz CT molecular complexity index is 319. The molecule has 0 heterocycles. The molecule has 0 aromatic heterocycles. The fourth-order valence-corrected chi connectivity index (χ4v) is 1.47. The zero-order chi connectivity index (χ0) is 12.6. The van der Waals surface area contributed by atoms with Crippen molar-refractivity contribution < 1.29 is 4.79 Å². The van der Waals surface area contributed by atoms with Crippen LogP contribution in [0.4, 0.5) is 0 Å². The van der Waals surface area contributed by atoms with Gasteiger partial charge in [-0.1, -0.05) is 39.0 Å². The van der Waals surface area contributed by atoms with Crippen molar-refractivity contribution in [3.05, 3.63) is 34.9 Å². The van der Waals surface area contributed by atoms with Crippen molar-refractivity contribution >= 4 is 6.29 Å². The van der Waals surface area contributed by atoms with Gasteiger partial charge < -0.3 is 4.90 Å². The predicted molar refractivity (Wildman–Crippen MR) is 69.9 cm³/mol. The van der Waals surface area contributed by atoms with E-state index in [1.165, 1.54) is 5.56 Å². The minimum absolute atomic E-state index is 0.802. The molecule has 0 aliphatic rings. The van der Waals surface area contributed by atoms with Crippen molar-refractivity contribution in [2.24, 2.45) is 0 Å². The van der Waals surface area contributed by atoms with Gasteiger partial charge in [-0.25, -0.2) is 0 Å². The van der Waals surface area contributed by atoms with E-state index in [0.29, 0.717) is 0 Å². The molecule has 0 N–H and O–H groups in total. The molecule has 2 heteroatoms. The van der Waals surface area contributed by atoms with Gasteiger partial charge >= 0.3 is 0 Å². The van der Waals surface area contributed by atoms with E-state index in [1.54, 1.807) is 0 Å². The Morgan fingerprint density at radius 1 is 1.25 bits per heavy atom. The van der Waals surface area contributed by atoms with Crippen LogP contribution in [0.25, 0.3) is 0 Å². The summed E-state index contributed by atoms with van der Waals surface area (Å²) in [5, 5.41) is 0. The smallest absolute Gasteiger partial charge is 0.150 e. The molecule has 0 saturated carbocycles. The second kappa shape index (κ2) is 8.05.